The highest BCUT2D eigenvalue weighted by Gasteiger charge is 2.17. The number of amides is 1. The molecule has 0 fully saturated rings. The Morgan fingerprint density at radius 2 is 1.93 bits per heavy atom. The molecule has 0 aliphatic carbocycles. The predicted molar refractivity (Wildman–Crippen MR) is 106 cm³/mol. The molecule has 0 saturated carbocycles. The van der Waals surface area contributed by atoms with Crippen LogP contribution in [0.5, 0.6) is 5.75 Å². The Hall–Kier alpha value is -3.36. The maximum absolute atomic E-state index is 11.8. The fourth-order valence-electron chi connectivity index (χ4n) is 2.23. The van der Waals surface area contributed by atoms with Gasteiger partial charge in [-0.2, -0.15) is 0 Å². The van der Waals surface area contributed by atoms with Crippen molar-refractivity contribution in [3.63, 3.8) is 0 Å². The van der Waals surface area contributed by atoms with Crippen LogP contribution in [0.2, 0.25) is 0 Å². The SMILES string of the molecule is CC(C)Oc1ccc([N+](=O)[O-])c(Nc2ccc(NC(=O)OC(C)(C)C)nc2)c1. The van der Waals surface area contributed by atoms with Crippen molar-refractivity contribution in [3.8, 4) is 5.75 Å². The molecule has 0 bridgehead atoms. The lowest BCUT2D eigenvalue weighted by atomic mass is 10.2. The highest BCUT2D eigenvalue weighted by molar-refractivity contribution is 5.84. The van der Waals surface area contributed by atoms with Crippen molar-refractivity contribution in [1.29, 1.82) is 0 Å². The molecule has 0 aliphatic heterocycles. The molecule has 1 heterocycles. The number of hydrogen-bond acceptors (Lipinski definition) is 7. The number of rotatable bonds is 6. The fraction of sp³-hybridized carbons (Fsp3) is 0.368. The van der Waals surface area contributed by atoms with E-state index in [4.69, 9.17) is 9.47 Å². The van der Waals surface area contributed by atoms with Crippen molar-refractivity contribution in [1.82, 2.24) is 4.98 Å². The van der Waals surface area contributed by atoms with Crippen LogP contribution >= 0.6 is 0 Å². The standard InChI is InChI=1S/C19H24N4O5/c1-12(2)27-14-7-8-16(23(25)26)15(10-14)21-13-6-9-17(20-11-13)22-18(24)28-19(3,4)5/h6-12,21H,1-5H3,(H,20,22,24). The molecule has 0 saturated heterocycles. The normalized spacial score (nSPS) is 11.1. The minimum atomic E-state index is -0.617. The van der Waals surface area contributed by atoms with Crippen LogP contribution in [0.4, 0.5) is 27.7 Å². The number of ether oxygens (including phenoxy) is 2. The van der Waals surface area contributed by atoms with Crippen molar-refractivity contribution in [2.45, 2.75) is 46.3 Å². The minimum Gasteiger partial charge on any atom is -0.491 e. The summed E-state index contributed by atoms with van der Waals surface area (Å²) in [6, 6.07) is 7.69. The third kappa shape index (κ3) is 6.42. The fourth-order valence-corrected chi connectivity index (χ4v) is 2.23. The first-order valence-electron chi connectivity index (χ1n) is 8.71. The lowest BCUT2D eigenvalue weighted by Gasteiger charge is -2.19. The highest BCUT2D eigenvalue weighted by Crippen LogP contribution is 2.32. The predicted octanol–water partition coefficient (Wildman–Crippen LogP) is 4.87. The lowest BCUT2D eigenvalue weighted by Crippen LogP contribution is -2.27. The van der Waals surface area contributed by atoms with Gasteiger partial charge in [-0.05, 0) is 52.8 Å². The second kappa shape index (κ2) is 8.55. The first kappa shape index (κ1) is 20.9. The van der Waals surface area contributed by atoms with E-state index in [9.17, 15) is 14.9 Å². The Bertz CT molecular complexity index is 844. The van der Waals surface area contributed by atoms with Gasteiger partial charge in [0.1, 0.15) is 22.9 Å². The number of carbonyl (C=O) groups is 1. The summed E-state index contributed by atoms with van der Waals surface area (Å²) < 4.78 is 10.8. The van der Waals surface area contributed by atoms with Crippen molar-refractivity contribution in [3.05, 3.63) is 46.6 Å². The molecule has 2 aromatic rings. The summed E-state index contributed by atoms with van der Waals surface area (Å²) in [5, 5.41) is 16.8. The van der Waals surface area contributed by atoms with Gasteiger partial charge in [0.25, 0.3) is 5.69 Å². The number of nitro benzene ring substituents is 1. The van der Waals surface area contributed by atoms with E-state index in [2.05, 4.69) is 15.6 Å². The molecular weight excluding hydrogens is 364 g/mol. The molecule has 0 atom stereocenters. The zero-order valence-corrected chi connectivity index (χ0v) is 16.5. The van der Waals surface area contributed by atoms with E-state index >= 15 is 0 Å². The first-order valence-corrected chi connectivity index (χ1v) is 8.71. The maximum atomic E-state index is 11.8. The summed E-state index contributed by atoms with van der Waals surface area (Å²) in [6.07, 6.45) is 0.774. The van der Waals surface area contributed by atoms with E-state index in [-0.39, 0.29) is 17.5 Å². The van der Waals surface area contributed by atoms with Crippen LogP contribution in [0.3, 0.4) is 0 Å². The maximum Gasteiger partial charge on any atom is 0.413 e. The van der Waals surface area contributed by atoms with E-state index < -0.39 is 16.6 Å². The van der Waals surface area contributed by atoms with E-state index in [1.807, 2.05) is 13.8 Å². The number of nitro groups is 1. The van der Waals surface area contributed by atoms with E-state index in [0.29, 0.717) is 17.3 Å². The molecule has 1 aromatic heterocycles. The molecular formula is C19H24N4O5. The van der Waals surface area contributed by atoms with Gasteiger partial charge in [0, 0.05) is 12.1 Å². The third-order valence-corrected chi connectivity index (χ3v) is 3.21. The van der Waals surface area contributed by atoms with E-state index in [0.717, 1.165) is 0 Å². The van der Waals surface area contributed by atoms with Crippen molar-refractivity contribution < 1.29 is 19.2 Å². The molecule has 1 aromatic carbocycles. The van der Waals surface area contributed by atoms with E-state index in [1.54, 1.807) is 45.0 Å². The largest absolute Gasteiger partial charge is 0.491 e. The van der Waals surface area contributed by atoms with E-state index in [1.165, 1.54) is 12.3 Å². The van der Waals surface area contributed by atoms with Crippen LogP contribution < -0.4 is 15.4 Å². The first-order chi connectivity index (χ1) is 13.0. The van der Waals surface area contributed by atoms with Crippen LogP contribution in [0, 0.1) is 10.1 Å². The van der Waals surface area contributed by atoms with Gasteiger partial charge in [-0.3, -0.25) is 15.4 Å². The quantitative estimate of drug-likeness (QED) is 0.536. The molecule has 150 valence electrons. The Kier molecular flexibility index (Phi) is 6.40. The van der Waals surface area contributed by atoms with Gasteiger partial charge < -0.3 is 14.8 Å². The van der Waals surface area contributed by atoms with Crippen LogP contribution in [0.25, 0.3) is 0 Å². The molecule has 0 spiro atoms. The van der Waals surface area contributed by atoms with Gasteiger partial charge in [0.2, 0.25) is 0 Å². The highest BCUT2D eigenvalue weighted by atomic mass is 16.6. The Labute approximate surface area is 163 Å². The number of pyridine rings is 1. The molecule has 28 heavy (non-hydrogen) atoms. The second-order valence-corrected chi connectivity index (χ2v) is 7.29. The number of anilines is 3. The van der Waals surface area contributed by atoms with Crippen LogP contribution in [0.15, 0.2) is 36.5 Å². The zero-order valence-electron chi connectivity index (χ0n) is 16.5. The number of benzene rings is 1. The monoisotopic (exact) mass is 388 g/mol. The molecule has 1 amide bonds. The summed E-state index contributed by atoms with van der Waals surface area (Å²) in [6.45, 7) is 9.02. The zero-order chi connectivity index (χ0) is 20.9. The Balaban J connectivity index is 2.14. The molecule has 9 heteroatoms. The molecule has 2 N–H and O–H groups in total. The number of nitrogens with zero attached hydrogens (tertiary/aromatic N) is 2. The summed E-state index contributed by atoms with van der Waals surface area (Å²) in [7, 11) is 0. The Morgan fingerprint density at radius 3 is 2.46 bits per heavy atom. The third-order valence-electron chi connectivity index (χ3n) is 3.21. The molecule has 2 rings (SSSR count). The van der Waals surface area contributed by atoms with Gasteiger partial charge in [0.15, 0.2) is 0 Å². The van der Waals surface area contributed by atoms with Crippen molar-refractivity contribution in [2.75, 3.05) is 10.6 Å². The topological polar surface area (TPSA) is 116 Å². The summed E-state index contributed by atoms with van der Waals surface area (Å²) in [4.78, 5) is 26.7. The number of carbonyl (C=O) groups excluding carboxylic acids is 1. The van der Waals surface area contributed by atoms with Crippen LogP contribution in [-0.4, -0.2) is 27.7 Å². The smallest absolute Gasteiger partial charge is 0.413 e. The Morgan fingerprint density at radius 1 is 1.21 bits per heavy atom. The average molecular weight is 388 g/mol. The lowest BCUT2D eigenvalue weighted by molar-refractivity contribution is -0.383. The van der Waals surface area contributed by atoms with Gasteiger partial charge in [-0.1, -0.05) is 0 Å². The van der Waals surface area contributed by atoms with Crippen LogP contribution in [0.1, 0.15) is 34.6 Å². The molecule has 0 aliphatic rings. The van der Waals surface area contributed by atoms with Gasteiger partial charge in [-0.25, -0.2) is 9.78 Å². The van der Waals surface area contributed by atoms with Gasteiger partial charge >= 0.3 is 6.09 Å². The molecule has 9 nitrogen and oxygen atoms in total. The average Bonchev–Trinajstić information content (AvgIpc) is 2.54. The summed E-state index contributed by atoms with van der Waals surface area (Å²) >= 11 is 0. The van der Waals surface area contributed by atoms with Crippen molar-refractivity contribution in [2.24, 2.45) is 0 Å². The van der Waals surface area contributed by atoms with Gasteiger partial charge in [-0.15, -0.1) is 0 Å². The number of hydrogen-bond donors (Lipinski definition) is 2. The van der Waals surface area contributed by atoms with Gasteiger partial charge in [0.05, 0.1) is 22.9 Å². The summed E-state index contributed by atoms with van der Waals surface area (Å²) in [5.41, 5.74) is 0.0810. The number of nitrogens with one attached hydrogen (secondary N) is 2. The summed E-state index contributed by atoms with van der Waals surface area (Å²) in [5.74, 6) is 0.811. The molecule has 0 unspecified atom stereocenters. The van der Waals surface area contributed by atoms with Crippen LogP contribution in [-0.2, 0) is 4.74 Å². The minimum absolute atomic E-state index is 0.0609. The van der Waals surface area contributed by atoms with Crippen molar-refractivity contribution >= 4 is 29.0 Å². The molecule has 0 radical (unpaired) electrons. The number of aromatic nitrogens is 1. The second-order valence-electron chi connectivity index (χ2n) is 7.29.